The van der Waals surface area contributed by atoms with Crippen molar-refractivity contribution in [2.24, 2.45) is 5.92 Å². The highest BCUT2D eigenvalue weighted by molar-refractivity contribution is 7.98. The molecule has 0 bridgehead atoms. The van der Waals surface area contributed by atoms with Crippen molar-refractivity contribution in [1.82, 2.24) is 19.7 Å². The van der Waals surface area contributed by atoms with Crippen molar-refractivity contribution in [2.75, 3.05) is 14.2 Å². The van der Waals surface area contributed by atoms with E-state index in [0.29, 0.717) is 23.2 Å². The molecule has 0 aliphatic carbocycles. The topological polar surface area (TPSA) is 75.2 Å². The molecule has 0 spiro atoms. The largest absolute Gasteiger partial charge is 0.493 e. The molecule has 4 aromatic rings. The molecule has 0 aliphatic heterocycles. The number of hydrogen-bond donors (Lipinski definition) is 0. The average molecular weight is 457 g/mol. The Labute approximate surface area is 189 Å². The van der Waals surface area contributed by atoms with Crippen LogP contribution >= 0.6 is 23.1 Å². The number of methoxy groups -OCH3 is 2. The molecule has 0 atom stereocenters. The Kier molecular flexibility index (Phi) is 6.62. The number of rotatable bonds is 9. The Morgan fingerprint density at radius 1 is 1.13 bits per heavy atom. The summed E-state index contributed by atoms with van der Waals surface area (Å²) in [5, 5.41) is 12.7. The van der Waals surface area contributed by atoms with Gasteiger partial charge in [0.25, 0.3) is 0 Å². The Morgan fingerprint density at radius 3 is 2.68 bits per heavy atom. The van der Waals surface area contributed by atoms with Crippen molar-refractivity contribution in [2.45, 2.75) is 31.3 Å². The molecule has 4 rings (SSSR count). The van der Waals surface area contributed by atoms with Gasteiger partial charge in [0.2, 0.25) is 0 Å². The number of thioether (sulfide) groups is 1. The van der Waals surface area contributed by atoms with Gasteiger partial charge in [-0.05, 0) is 36.2 Å². The molecule has 9 heteroatoms. The zero-order valence-corrected chi connectivity index (χ0v) is 19.5. The number of benzene rings is 1. The van der Waals surface area contributed by atoms with Crippen LogP contribution in [0.15, 0.2) is 51.5 Å². The monoisotopic (exact) mass is 456 g/mol. The molecule has 0 saturated heterocycles. The summed E-state index contributed by atoms with van der Waals surface area (Å²) in [6.07, 6.45) is 1.65. The van der Waals surface area contributed by atoms with Crippen molar-refractivity contribution in [1.29, 1.82) is 0 Å². The van der Waals surface area contributed by atoms with Crippen LogP contribution in [0, 0.1) is 5.92 Å². The van der Waals surface area contributed by atoms with E-state index in [1.165, 1.54) is 0 Å². The Morgan fingerprint density at radius 2 is 1.97 bits per heavy atom. The molecule has 0 amide bonds. The highest BCUT2D eigenvalue weighted by atomic mass is 32.2. The number of thiazole rings is 1. The van der Waals surface area contributed by atoms with Crippen LogP contribution in [0.5, 0.6) is 11.5 Å². The maximum absolute atomic E-state index is 5.54. The first-order valence-corrected chi connectivity index (χ1v) is 11.7. The van der Waals surface area contributed by atoms with Gasteiger partial charge in [-0.3, -0.25) is 4.57 Å². The van der Waals surface area contributed by atoms with E-state index in [1.807, 2.05) is 30.3 Å². The number of hydrogen-bond acceptors (Lipinski definition) is 8. The van der Waals surface area contributed by atoms with Crippen molar-refractivity contribution >= 4 is 23.1 Å². The smallest absolute Gasteiger partial charge is 0.200 e. The van der Waals surface area contributed by atoms with E-state index in [-0.39, 0.29) is 0 Å². The second-order valence-electron chi connectivity index (χ2n) is 7.29. The second-order valence-corrected chi connectivity index (χ2v) is 9.09. The normalized spacial score (nSPS) is 11.3. The third-order valence-electron chi connectivity index (χ3n) is 4.54. The van der Waals surface area contributed by atoms with Crippen molar-refractivity contribution in [3.63, 3.8) is 0 Å². The summed E-state index contributed by atoms with van der Waals surface area (Å²) in [7, 11) is 3.27. The molecular weight excluding hydrogens is 432 g/mol. The maximum Gasteiger partial charge on any atom is 0.200 e. The second kappa shape index (κ2) is 9.57. The van der Waals surface area contributed by atoms with Crippen LogP contribution in [0.4, 0.5) is 0 Å². The molecular formula is C22H24N4O3S2. The summed E-state index contributed by atoms with van der Waals surface area (Å²) < 4.78 is 18.4. The van der Waals surface area contributed by atoms with Gasteiger partial charge in [0, 0.05) is 23.2 Å². The molecule has 7 nitrogen and oxygen atoms in total. The fourth-order valence-electron chi connectivity index (χ4n) is 3.13. The van der Waals surface area contributed by atoms with Gasteiger partial charge in [-0.1, -0.05) is 25.6 Å². The average Bonchev–Trinajstić information content (AvgIpc) is 3.52. The number of aromatic nitrogens is 4. The quantitative estimate of drug-likeness (QED) is 0.302. The van der Waals surface area contributed by atoms with Crippen LogP contribution in [0.1, 0.15) is 19.5 Å². The van der Waals surface area contributed by atoms with Crippen LogP contribution in [-0.4, -0.2) is 34.0 Å². The Balaban J connectivity index is 1.51. The SMILES string of the molecule is COc1ccc(-c2nc(CSc3nnc(-c4ccco4)n3CC(C)C)cs2)cc1OC. The predicted molar refractivity (Wildman–Crippen MR) is 123 cm³/mol. The van der Waals surface area contributed by atoms with E-state index in [0.717, 1.165) is 39.6 Å². The molecule has 3 heterocycles. The minimum atomic E-state index is 0.458. The van der Waals surface area contributed by atoms with Crippen molar-refractivity contribution < 1.29 is 13.9 Å². The van der Waals surface area contributed by atoms with E-state index in [4.69, 9.17) is 18.9 Å². The van der Waals surface area contributed by atoms with Gasteiger partial charge in [0.05, 0.1) is 26.2 Å². The van der Waals surface area contributed by atoms with Gasteiger partial charge in [-0.15, -0.1) is 21.5 Å². The first kappa shape index (κ1) is 21.5. The lowest BCUT2D eigenvalue weighted by Crippen LogP contribution is -2.07. The third-order valence-corrected chi connectivity index (χ3v) is 6.48. The first-order chi connectivity index (χ1) is 15.1. The summed E-state index contributed by atoms with van der Waals surface area (Å²) in [5.41, 5.74) is 2.00. The molecule has 31 heavy (non-hydrogen) atoms. The Bertz CT molecular complexity index is 1140. The molecule has 0 saturated carbocycles. The summed E-state index contributed by atoms with van der Waals surface area (Å²) in [5.74, 6) is 4.04. The Hall–Kier alpha value is -2.78. The van der Waals surface area contributed by atoms with Gasteiger partial charge in [-0.25, -0.2) is 4.98 Å². The van der Waals surface area contributed by atoms with Gasteiger partial charge < -0.3 is 13.9 Å². The fourth-order valence-corrected chi connectivity index (χ4v) is 4.89. The maximum atomic E-state index is 5.54. The van der Waals surface area contributed by atoms with E-state index in [2.05, 4.69) is 34.0 Å². The first-order valence-electron chi connectivity index (χ1n) is 9.85. The standard InChI is InChI=1S/C22H24N4O3S2/c1-14(2)11-26-20(18-6-5-9-29-18)24-25-22(26)31-13-16-12-30-21(23-16)15-7-8-17(27-3)19(10-15)28-4/h5-10,12,14H,11,13H2,1-4H3. The van der Waals surface area contributed by atoms with E-state index in [9.17, 15) is 0 Å². The molecule has 1 aromatic carbocycles. The lowest BCUT2D eigenvalue weighted by Gasteiger charge is -2.11. The van der Waals surface area contributed by atoms with E-state index < -0.39 is 0 Å². The number of furan rings is 1. The highest BCUT2D eigenvalue weighted by Gasteiger charge is 2.18. The minimum Gasteiger partial charge on any atom is -0.493 e. The highest BCUT2D eigenvalue weighted by Crippen LogP contribution is 2.34. The molecule has 0 radical (unpaired) electrons. The van der Waals surface area contributed by atoms with Gasteiger partial charge in [0.1, 0.15) is 5.01 Å². The van der Waals surface area contributed by atoms with Crippen molar-refractivity contribution in [3.8, 4) is 33.7 Å². The van der Waals surface area contributed by atoms with E-state index >= 15 is 0 Å². The lowest BCUT2D eigenvalue weighted by atomic mass is 10.2. The molecule has 0 fully saturated rings. The van der Waals surface area contributed by atoms with E-state index in [1.54, 1.807) is 43.6 Å². The number of ether oxygens (including phenoxy) is 2. The zero-order valence-electron chi connectivity index (χ0n) is 17.9. The molecule has 162 valence electrons. The summed E-state index contributed by atoms with van der Waals surface area (Å²) in [4.78, 5) is 4.80. The zero-order chi connectivity index (χ0) is 21.8. The van der Waals surface area contributed by atoms with Crippen LogP contribution < -0.4 is 9.47 Å². The van der Waals surface area contributed by atoms with Crippen LogP contribution in [-0.2, 0) is 12.3 Å². The number of nitrogens with zero attached hydrogens (tertiary/aromatic N) is 4. The molecule has 3 aromatic heterocycles. The van der Waals surface area contributed by atoms with Crippen molar-refractivity contribution in [3.05, 3.63) is 47.7 Å². The third kappa shape index (κ3) is 4.77. The summed E-state index contributed by atoms with van der Waals surface area (Å²) in [6, 6.07) is 9.61. The van der Waals surface area contributed by atoms with Crippen LogP contribution in [0.3, 0.4) is 0 Å². The molecule has 0 N–H and O–H groups in total. The molecule has 0 aliphatic rings. The predicted octanol–water partition coefficient (Wildman–Crippen LogP) is 5.63. The van der Waals surface area contributed by atoms with Crippen LogP contribution in [0.25, 0.3) is 22.2 Å². The van der Waals surface area contributed by atoms with Gasteiger partial charge in [0.15, 0.2) is 28.2 Å². The van der Waals surface area contributed by atoms with Gasteiger partial charge in [-0.2, -0.15) is 0 Å². The summed E-state index contributed by atoms with van der Waals surface area (Å²) in [6.45, 7) is 5.17. The minimum absolute atomic E-state index is 0.458. The van der Waals surface area contributed by atoms with Gasteiger partial charge >= 0.3 is 0 Å². The lowest BCUT2D eigenvalue weighted by molar-refractivity contribution is 0.355. The van der Waals surface area contributed by atoms with Crippen LogP contribution in [0.2, 0.25) is 0 Å². The summed E-state index contributed by atoms with van der Waals surface area (Å²) >= 11 is 3.24. The fraction of sp³-hybridized carbons (Fsp3) is 0.318. The molecule has 0 unspecified atom stereocenters.